The number of amides is 1. The summed E-state index contributed by atoms with van der Waals surface area (Å²) in [5, 5.41) is 7.07. The van der Waals surface area contributed by atoms with E-state index in [0.717, 1.165) is 22.4 Å². The van der Waals surface area contributed by atoms with Crippen LogP contribution >= 0.6 is 11.6 Å². The fourth-order valence-corrected chi connectivity index (χ4v) is 3.40. The van der Waals surface area contributed by atoms with Crippen LogP contribution in [0.2, 0.25) is 5.02 Å². The van der Waals surface area contributed by atoms with E-state index in [1.807, 2.05) is 54.6 Å². The predicted octanol–water partition coefficient (Wildman–Crippen LogP) is 5.77. The van der Waals surface area contributed by atoms with E-state index in [9.17, 15) is 4.79 Å². The topological polar surface area (TPSA) is 50.7 Å². The minimum absolute atomic E-state index is 0.193. The standard InChI is InChI=1S/C26H21ClN2O2/c27-23-13-11-19(12-14-23)16-26(30)29-28-17-20-5-3-9-24(15-20)31-18-22-8-4-7-21-6-1-2-10-25(21)22/h1-15,17H,16,18H2,(H,29,30)/b28-17-. The van der Waals surface area contributed by atoms with E-state index in [-0.39, 0.29) is 12.3 Å². The third-order valence-corrected chi connectivity index (χ3v) is 5.07. The van der Waals surface area contributed by atoms with Crippen molar-refractivity contribution >= 4 is 34.5 Å². The van der Waals surface area contributed by atoms with Gasteiger partial charge in [0.25, 0.3) is 0 Å². The fourth-order valence-electron chi connectivity index (χ4n) is 3.27. The van der Waals surface area contributed by atoms with Gasteiger partial charge in [-0.3, -0.25) is 4.79 Å². The smallest absolute Gasteiger partial charge is 0.244 e. The second-order valence-electron chi connectivity index (χ2n) is 7.10. The molecule has 1 amide bonds. The zero-order valence-electron chi connectivity index (χ0n) is 16.8. The van der Waals surface area contributed by atoms with Gasteiger partial charge in [0.15, 0.2) is 0 Å². The summed E-state index contributed by atoms with van der Waals surface area (Å²) in [6.45, 7) is 0.472. The van der Waals surface area contributed by atoms with Crippen molar-refractivity contribution in [1.82, 2.24) is 5.43 Å². The Balaban J connectivity index is 1.34. The lowest BCUT2D eigenvalue weighted by molar-refractivity contribution is -0.120. The highest BCUT2D eigenvalue weighted by molar-refractivity contribution is 6.30. The lowest BCUT2D eigenvalue weighted by Gasteiger charge is -2.09. The molecular formula is C26H21ClN2O2. The van der Waals surface area contributed by atoms with E-state index in [4.69, 9.17) is 16.3 Å². The lowest BCUT2D eigenvalue weighted by atomic mass is 10.1. The third kappa shape index (κ3) is 5.71. The van der Waals surface area contributed by atoms with Gasteiger partial charge in [0.2, 0.25) is 5.91 Å². The van der Waals surface area contributed by atoms with E-state index < -0.39 is 0 Å². The number of hydrazone groups is 1. The summed E-state index contributed by atoms with van der Waals surface area (Å²) >= 11 is 5.86. The normalized spacial score (nSPS) is 11.0. The van der Waals surface area contributed by atoms with Crippen molar-refractivity contribution in [3.8, 4) is 5.75 Å². The molecule has 0 saturated heterocycles. The first-order chi connectivity index (χ1) is 15.2. The van der Waals surface area contributed by atoms with Gasteiger partial charge in [-0.25, -0.2) is 5.43 Å². The summed E-state index contributed by atoms with van der Waals surface area (Å²) in [4.78, 5) is 12.0. The molecule has 0 aliphatic rings. The molecule has 5 heteroatoms. The van der Waals surface area contributed by atoms with Crippen molar-refractivity contribution in [2.75, 3.05) is 0 Å². The molecule has 4 aromatic carbocycles. The number of benzene rings is 4. The van der Waals surface area contributed by atoms with Crippen LogP contribution in [0.1, 0.15) is 16.7 Å². The number of halogens is 1. The highest BCUT2D eigenvalue weighted by Crippen LogP contribution is 2.21. The number of fused-ring (bicyclic) bond motifs is 1. The molecule has 0 heterocycles. The Morgan fingerprint density at radius 1 is 0.935 bits per heavy atom. The van der Waals surface area contributed by atoms with Crippen LogP contribution < -0.4 is 10.2 Å². The number of nitrogens with one attached hydrogen (secondary N) is 1. The van der Waals surface area contributed by atoms with E-state index >= 15 is 0 Å². The molecule has 0 spiro atoms. The highest BCUT2D eigenvalue weighted by Gasteiger charge is 2.03. The summed E-state index contributed by atoms with van der Waals surface area (Å²) in [5.74, 6) is 0.548. The van der Waals surface area contributed by atoms with Crippen LogP contribution in [-0.2, 0) is 17.8 Å². The Morgan fingerprint density at radius 3 is 2.58 bits per heavy atom. The van der Waals surface area contributed by atoms with Gasteiger partial charge in [0.05, 0.1) is 12.6 Å². The Hall–Kier alpha value is -3.63. The van der Waals surface area contributed by atoms with Gasteiger partial charge in [-0.05, 0) is 51.7 Å². The van der Waals surface area contributed by atoms with E-state index in [1.165, 1.54) is 10.8 Å². The zero-order valence-corrected chi connectivity index (χ0v) is 17.5. The zero-order chi connectivity index (χ0) is 21.5. The molecule has 0 radical (unpaired) electrons. The summed E-state index contributed by atoms with van der Waals surface area (Å²) in [6, 6.07) is 29.2. The Morgan fingerprint density at radius 2 is 1.71 bits per heavy atom. The molecule has 4 nitrogen and oxygen atoms in total. The molecule has 31 heavy (non-hydrogen) atoms. The molecule has 154 valence electrons. The molecule has 0 fully saturated rings. The SMILES string of the molecule is O=C(Cc1ccc(Cl)cc1)N/N=C\c1cccc(OCc2cccc3ccccc23)c1. The Kier molecular flexibility index (Phi) is 6.60. The molecule has 0 saturated carbocycles. The van der Waals surface area contributed by atoms with Crippen molar-refractivity contribution < 1.29 is 9.53 Å². The largest absolute Gasteiger partial charge is 0.489 e. The predicted molar refractivity (Wildman–Crippen MR) is 126 cm³/mol. The van der Waals surface area contributed by atoms with Crippen molar-refractivity contribution in [1.29, 1.82) is 0 Å². The maximum absolute atomic E-state index is 12.0. The maximum atomic E-state index is 12.0. The average molecular weight is 429 g/mol. The van der Waals surface area contributed by atoms with E-state index in [1.54, 1.807) is 18.3 Å². The summed E-state index contributed by atoms with van der Waals surface area (Å²) in [7, 11) is 0. The van der Waals surface area contributed by atoms with E-state index in [0.29, 0.717) is 11.6 Å². The first-order valence-electron chi connectivity index (χ1n) is 9.93. The molecule has 4 rings (SSSR count). The average Bonchev–Trinajstić information content (AvgIpc) is 2.79. The molecule has 0 unspecified atom stereocenters. The van der Waals surface area contributed by atoms with Crippen LogP contribution in [0.4, 0.5) is 0 Å². The number of ether oxygens (including phenoxy) is 1. The summed E-state index contributed by atoms with van der Waals surface area (Å²) in [5.41, 5.74) is 5.39. The molecular weight excluding hydrogens is 408 g/mol. The van der Waals surface area contributed by atoms with Gasteiger partial charge in [-0.2, -0.15) is 5.10 Å². The van der Waals surface area contributed by atoms with Crippen LogP contribution in [0, 0.1) is 0 Å². The van der Waals surface area contributed by atoms with Crippen LogP contribution in [-0.4, -0.2) is 12.1 Å². The summed E-state index contributed by atoms with van der Waals surface area (Å²) in [6.07, 6.45) is 1.84. The third-order valence-electron chi connectivity index (χ3n) is 4.81. The van der Waals surface area contributed by atoms with Crippen LogP contribution in [0.15, 0.2) is 96.1 Å². The molecule has 0 aliphatic carbocycles. The van der Waals surface area contributed by atoms with Crippen LogP contribution in [0.25, 0.3) is 10.8 Å². The molecule has 0 atom stereocenters. The number of nitrogens with zero attached hydrogens (tertiary/aromatic N) is 1. The van der Waals surface area contributed by atoms with Gasteiger partial charge < -0.3 is 4.74 Å². The molecule has 0 bridgehead atoms. The summed E-state index contributed by atoms with van der Waals surface area (Å²) < 4.78 is 6.00. The lowest BCUT2D eigenvalue weighted by Crippen LogP contribution is -2.19. The van der Waals surface area contributed by atoms with Crippen LogP contribution in [0.5, 0.6) is 5.75 Å². The van der Waals surface area contributed by atoms with Gasteiger partial charge in [-0.1, -0.05) is 78.3 Å². The van der Waals surface area contributed by atoms with Gasteiger partial charge in [0, 0.05) is 5.02 Å². The number of carbonyl (C=O) groups excluding carboxylic acids is 1. The monoisotopic (exact) mass is 428 g/mol. The quantitative estimate of drug-likeness (QED) is 0.300. The Labute approximate surface area is 186 Å². The first kappa shape index (κ1) is 20.6. The second kappa shape index (κ2) is 9.92. The van der Waals surface area contributed by atoms with Crippen LogP contribution in [0.3, 0.4) is 0 Å². The Bertz CT molecular complexity index is 1210. The molecule has 1 N–H and O–H groups in total. The first-order valence-corrected chi connectivity index (χ1v) is 10.3. The number of rotatable bonds is 7. The molecule has 4 aromatic rings. The van der Waals surface area contributed by atoms with Gasteiger partial charge >= 0.3 is 0 Å². The number of carbonyl (C=O) groups is 1. The minimum Gasteiger partial charge on any atom is -0.489 e. The minimum atomic E-state index is -0.193. The van der Waals surface area contributed by atoms with Gasteiger partial charge in [0.1, 0.15) is 12.4 Å². The second-order valence-corrected chi connectivity index (χ2v) is 7.53. The van der Waals surface area contributed by atoms with Crippen molar-refractivity contribution in [2.24, 2.45) is 5.10 Å². The number of hydrogen-bond donors (Lipinski definition) is 1. The maximum Gasteiger partial charge on any atom is 0.244 e. The number of hydrogen-bond acceptors (Lipinski definition) is 3. The van der Waals surface area contributed by atoms with E-state index in [2.05, 4.69) is 34.8 Å². The van der Waals surface area contributed by atoms with Gasteiger partial charge in [-0.15, -0.1) is 0 Å². The highest BCUT2D eigenvalue weighted by atomic mass is 35.5. The van der Waals surface area contributed by atoms with Crippen molar-refractivity contribution in [3.05, 3.63) is 113 Å². The molecule has 0 aliphatic heterocycles. The van der Waals surface area contributed by atoms with Crippen molar-refractivity contribution in [3.63, 3.8) is 0 Å². The molecule has 0 aromatic heterocycles. The fraction of sp³-hybridized carbons (Fsp3) is 0.0769. The van der Waals surface area contributed by atoms with Crippen molar-refractivity contribution in [2.45, 2.75) is 13.0 Å².